The molecule has 0 aliphatic heterocycles. The van der Waals surface area contributed by atoms with Gasteiger partial charge < -0.3 is 15.2 Å². The highest BCUT2D eigenvalue weighted by Gasteiger charge is 2.02. The van der Waals surface area contributed by atoms with Crippen LogP contribution in [0, 0.1) is 0 Å². The van der Waals surface area contributed by atoms with Crippen molar-refractivity contribution in [1.82, 2.24) is 0 Å². The molecule has 4 nitrogen and oxygen atoms in total. The fourth-order valence-electron chi connectivity index (χ4n) is 1.97. The van der Waals surface area contributed by atoms with Gasteiger partial charge in [0.2, 0.25) is 0 Å². The van der Waals surface area contributed by atoms with E-state index < -0.39 is 6.67 Å². The molecule has 0 bridgehead atoms. The van der Waals surface area contributed by atoms with Crippen LogP contribution in [0.1, 0.15) is 15.9 Å². The lowest BCUT2D eigenvalue weighted by Crippen LogP contribution is -2.08. The van der Waals surface area contributed by atoms with Crippen LogP contribution in [-0.4, -0.2) is 32.3 Å². The molecule has 0 saturated carbocycles. The Kier molecular flexibility index (Phi) is 6.98. The summed E-state index contributed by atoms with van der Waals surface area (Å²) in [5, 5.41) is 0. The molecular weight excluding hydrogens is 309 g/mol. The second-order valence-electron chi connectivity index (χ2n) is 5.04. The summed E-state index contributed by atoms with van der Waals surface area (Å²) in [5.41, 5.74) is 7.78. The van der Waals surface area contributed by atoms with Gasteiger partial charge in [-0.05, 0) is 48.0 Å². The van der Waals surface area contributed by atoms with Crippen LogP contribution in [0.2, 0.25) is 0 Å². The molecule has 5 heteroatoms. The van der Waals surface area contributed by atoms with Crippen LogP contribution in [-0.2, 0) is 4.74 Å². The molecule has 0 unspecified atom stereocenters. The average Bonchev–Trinajstić information content (AvgIpc) is 2.61. The summed E-state index contributed by atoms with van der Waals surface area (Å²) in [5.74, 6) is 0.544. The molecule has 0 saturated heterocycles. The zero-order valence-corrected chi connectivity index (χ0v) is 13.3. The fraction of sp³-hybridized carbons (Fsp3) is 0.211. The van der Waals surface area contributed by atoms with Crippen molar-refractivity contribution in [3.63, 3.8) is 0 Å². The number of carbonyl (C=O) groups is 1. The number of halogens is 1. The molecular formula is C19H20FNO3. The first kappa shape index (κ1) is 17.7. The molecule has 2 rings (SSSR count). The predicted octanol–water partition coefficient (Wildman–Crippen LogP) is 3.53. The molecule has 2 N–H and O–H groups in total. The van der Waals surface area contributed by atoms with Crippen molar-refractivity contribution in [2.24, 2.45) is 0 Å². The van der Waals surface area contributed by atoms with Crippen molar-refractivity contribution in [1.29, 1.82) is 0 Å². The van der Waals surface area contributed by atoms with Crippen LogP contribution < -0.4 is 10.5 Å². The number of rotatable bonds is 9. The number of alkyl halides is 1. The maximum Gasteiger partial charge on any atom is 0.185 e. The molecule has 2 aromatic carbocycles. The maximum absolute atomic E-state index is 12.1. The third kappa shape index (κ3) is 5.85. The lowest BCUT2D eigenvalue weighted by atomic mass is 10.1. The summed E-state index contributed by atoms with van der Waals surface area (Å²) < 4.78 is 22.3. The predicted molar refractivity (Wildman–Crippen MR) is 92.9 cm³/mol. The summed E-state index contributed by atoms with van der Waals surface area (Å²) in [6.07, 6.45) is 3.26. The van der Waals surface area contributed by atoms with Gasteiger partial charge in [-0.2, -0.15) is 0 Å². The fourth-order valence-corrected chi connectivity index (χ4v) is 1.97. The molecule has 0 heterocycles. The van der Waals surface area contributed by atoms with Gasteiger partial charge in [0, 0.05) is 11.3 Å². The maximum atomic E-state index is 12.1. The number of ketones is 1. The van der Waals surface area contributed by atoms with E-state index >= 15 is 0 Å². The van der Waals surface area contributed by atoms with E-state index in [2.05, 4.69) is 0 Å². The number of anilines is 1. The first-order valence-electron chi connectivity index (χ1n) is 7.63. The van der Waals surface area contributed by atoms with E-state index in [0.717, 1.165) is 5.56 Å². The Morgan fingerprint density at radius 1 is 1.00 bits per heavy atom. The lowest BCUT2D eigenvalue weighted by Gasteiger charge is -2.06. The zero-order chi connectivity index (χ0) is 17.2. The van der Waals surface area contributed by atoms with E-state index in [4.69, 9.17) is 15.2 Å². The normalized spacial score (nSPS) is 10.9. The van der Waals surface area contributed by atoms with Crippen molar-refractivity contribution < 1.29 is 18.7 Å². The highest BCUT2D eigenvalue weighted by atomic mass is 19.1. The first-order chi connectivity index (χ1) is 11.7. The van der Waals surface area contributed by atoms with Crippen LogP contribution in [0.5, 0.6) is 5.75 Å². The topological polar surface area (TPSA) is 61.6 Å². The standard InChI is InChI=1S/C19H20FNO3/c20-11-12-23-13-14-24-18-8-4-16(5-9-18)19(22)10-3-15-1-6-17(21)7-2-15/h1-10H,11-14,21H2. The Morgan fingerprint density at radius 3 is 2.38 bits per heavy atom. The summed E-state index contributed by atoms with van der Waals surface area (Å²) in [7, 11) is 0. The second-order valence-corrected chi connectivity index (χ2v) is 5.04. The first-order valence-corrected chi connectivity index (χ1v) is 7.63. The van der Waals surface area contributed by atoms with E-state index in [0.29, 0.717) is 30.2 Å². The Morgan fingerprint density at radius 2 is 1.71 bits per heavy atom. The molecule has 2 aromatic rings. The van der Waals surface area contributed by atoms with Crippen LogP contribution in [0.25, 0.3) is 6.08 Å². The quantitative estimate of drug-likeness (QED) is 0.331. The van der Waals surface area contributed by atoms with E-state index in [1.54, 1.807) is 42.5 Å². The number of hydrogen-bond donors (Lipinski definition) is 1. The number of nitrogens with two attached hydrogens (primary N) is 1. The monoisotopic (exact) mass is 329 g/mol. The van der Waals surface area contributed by atoms with E-state index in [9.17, 15) is 9.18 Å². The van der Waals surface area contributed by atoms with Gasteiger partial charge >= 0.3 is 0 Å². The number of benzene rings is 2. The average molecular weight is 329 g/mol. The summed E-state index contributed by atoms with van der Waals surface area (Å²) >= 11 is 0. The molecule has 126 valence electrons. The molecule has 24 heavy (non-hydrogen) atoms. The van der Waals surface area contributed by atoms with Crippen molar-refractivity contribution in [3.05, 3.63) is 65.7 Å². The van der Waals surface area contributed by atoms with Crippen molar-refractivity contribution >= 4 is 17.5 Å². The zero-order valence-electron chi connectivity index (χ0n) is 13.3. The van der Waals surface area contributed by atoms with E-state index in [1.165, 1.54) is 6.08 Å². The minimum absolute atomic E-state index is 0.0805. The third-order valence-electron chi connectivity index (χ3n) is 3.22. The van der Waals surface area contributed by atoms with Crippen molar-refractivity contribution in [2.45, 2.75) is 0 Å². The van der Waals surface area contributed by atoms with Gasteiger partial charge in [-0.3, -0.25) is 4.79 Å². The third-order valence-corrected chi connectivity index (χ3v) is 3.22. The molecule has 0 atom stereocenters. The van der Waals surface area contributed by atoms with Crippen molar-refractivity contribution in [3.8, 4) is 5.75 Å². The summed E-state index contributed by atoms with van der Waals surface area (Å²) in [4.78, 5) is 12.1. The summed E-state index contributed by atoms with van der Waals surface area (Å²) in [6.45, 7) is 0.247. The number of nitrogen functional groups attached to an aromatic ring is 1. The van der Waals surface area contributed by atoms with E-state index in [-0.39, 0.29) is 12.4 Å². The second kappa shape index (κ2) is 9.47. The number of hydrogen-bond acceptors (Lipinski definition) is 4. The molecule has 0 aliphatic carbocycles. The lowest BCUT2D eigenvalue weighted by molar-refractivity contribution is 0.0897. The van der Waals surface area contributed by atoms with Crippen LogP contribution >= 0.6 is 0 Å². The highest BCUT2D eigenvalue weighted by Crippen LogP contribution is 2.14. The van der Waals surface area contributed by atoms with Gasteiger partial charge in [-0.15, -0.1) is 0 Å². The van der Waals surface area contributed by atoms with Crippen LogP contribution in [0.15, 0.2) is 54.6 Å². The van der Waals surface area contributed by atoms with Gasteiger partial charge in [0.15, 0.2) is 5.78 Å². The van der Waals surface area contributed by atoms with Gasteiger partial charge in [0.25, 0.3) is 0 Å². The molecule has 0 aromatic heterocycles. The molecule has 0 aliphatic rings. The van der Waals surface area contributed by atoms with Crippen LogP contribution in [0.3, 0.4) is 0 Å². The highest BCUT2D eigenvalue weighted by molar-refractivity contribution is 6.06. The number of ether oxygens (including phenoxy) is 2. The van der Waals surface area contributed by atoms with Gasteiger partial charge in [-0.1, -0.05) is 18.2 Å². The van der Waals surface area contributed by atoms with Crippen molar-refractivity contribution in [2.75, 3.05) is 32.2 Å². The van der Waals surface area contributed by atoms with Gasteiger partial charge in [-0.25, -0.2) is 4.39 Å². The molecule has 0 fully saturated rings. The Bertz CT molecular complexity index is 666. The molecule has 0 radical (unpaired) electrons. The smallest absolute Gasteiger partial charge is 0.185 e. The largest absolute Gasteiger partial charge is 0.491 e. The van der Waals surface area contributed by atoms with Gasteiger partial charge in [0.1, 0.15) is 19.0 Å². The van der Waals surface area contributed by atoms with E-state index in [1.807, 2.05) is 12.1 Å². The van der Waals surface area contributed by atoms with Gasteiger partial charge in [0.05, 0.1) is 13.2 Å². The SMILES string of the molecule is Nc1ccc(C=CC(=O)c2ccc(OCCOCCF)cc2)cc1. The minimum Gasteiger partial charge on any atom is -0.491 e. The van der Waals surface area contributed by atoms with Crippen LogP contribution in [0.4, 0.5) is 10.1 Å². The summed E-state index contributed by atoms with van der Waals surface area (Å²) in [6, 6.07) is 14.1. The Hall–Kier alpha value is -2.66. The minimum atomic E-state index is -0.499. The number of carbonyl (C=O) groups excluding carboxylic acids is 1. The molecule has 0 amide bonds. The number of allylic oxidation sites excluding steroid dienone is 1. The molecule has 0 spiro atoms. The Balaban J connectivity index is 1.85. The Labute approximate surface area is 140 Å².